The summed E-state index contributed by atoms with van der Waals surface area (Å²) in [6.45, 7) is 16.7. The minimum atomic E-state index is -0.838. The molecule has 0 saturated heterocycles. The fourth-order valence-corrected chi connectivity index (χ4v) is 4.19. The summed E-state index contributed by atoms with van der Waals surface area (Å²) in [5.74, 6) is -0.934. The van der Waals surface area contributed by atoms with E-state index in [0.717, 1.165) is 39.8 Å². The lowest BCUT2D eigenvalue weighted by molar-refractivity contribution is -0.129. The Bertz CT molecular complexity index is 903. The third-order valence-electron chi connectivity index (χ3n) is 5.60. The van der Waals surface area contributed by atoms with Crippen molar-refractivity contribution in [3.8, 4) is 5.75 Å². The maximum absolute atomic E-state index is 12.5. The first-order valence-corrected chi connectivity index (χ1v) is 11.1. The van der Waals surface area contributed by atoms with E-state index in [-0.39, 0.29) is 5.92 Å². The molecule has 5 nitrogen and oxygen atoms in total. The monoisotopic (exact) mass is 442 g/mol. The van der Waals surface area contributed by atoms with Crippen molar-refractivity contribution in [1.29, 1.82) is 0 Å². The van der Waals surface area contributed by atoms with Crippen molar-refractivity contribution in [2.75, 3.05) is 0 Å². The van der Waals surface area contributed by atoms with Crippen LogP contribution in [0.25, 0.3) is 0 Å². The van der Waals surface area contributed by atoms with Gasteiger partial charge in [-0.3, -0.25) is 4.79 Å². The maximum Gasteiger partial charge on any atom is 0.385 e. The molecule has 0 bridgehead atoms. The molecular weight excluding hydrogens is 404 g/mol. The van der Waals surface area contributed by atoms with Crippen LogP contribution in [-0.4, -0.2) is 34.2 Å². The molecule has 2 N–H and O–H groups in total. The fraction of sp³-hybridized carbons (Fsp3) is 0.481. The van der Waals surface area contributed by atoms with Crippen LogP contribution in [0.5, 0.6) is 5.75 Å². The van der Waals surface area contributed by atoms with E-state index >= 15 is 0 Å². The molecule has 0 spiro atoms. The largest absolute Gasteiger partial charge is 0.420 e. The number of benzene rings is 2. The number of hydrogen-bond donors (Lipinski definition) is 2. The molecule has 0 aliphatic rings. The van der Waals surface area contributed by atoms with Gasteiger partial charge in [-0.15, -0.1) is 0 Å². The Balaban J connectivity index is 0.000000482. The van der Waals surface area contributed by atoms with E-state index < -0.39 is 24.0 Å². The summed E-state index contributed by atoms with van der Waals surface area (Å²) in [7, 11) is 0. The summed E-state index contributed by atoms with van der Waals surface area (Å²) < 4.78 is 5.40. The molecule has 0 amide bonds. The molecule has 32 heavy (non-hydrogen) atoms. The average molecular weight is 443 g/mol. The Morgan fingerprint density at radius 1 is 0.781 bits per heavy atom. The molecule has 0 fully saturated rings. The number of Topliss-reactive ketones (excluding diaryl/α,β-unsaturated/α-hetero) is 1. The molecule has 0 aliphatic heterocycles. The fourth-order valence-electron chi connectivity index (χ4n) is 4.19. The van der Waals surface area contributed by atoms with Gasteiger partial charge in [-0.25, -0.2) is 4.79 Å². The van der Waals surface area contributed by atoms with Crippen LogP contribution in [0.15, 0.2) is 24.3 Å². The predicted octanol–water partition coefficient (Wildman–Crippen LogP) is 5.10. The quantitative estimate of drug-likeness (QED) is 0.281. The highest BCUT2D eigenvalue weighted by molar-refractivity contribution is 6.41. The molecule has 0 radical (unpaired) electrons. The molecule has 176 valence electrons. The zero-order valence-electron chi connectivity index (χ0n) is 20.9. The van der Waals surface area contributed by atoms with Crippen LogP contribution in [0.2, 0.25) is 0 Å². The summed E-state index contributed by atoms with van der Waals surface area (Å²) in [4.78, 5) is 24.8. The van der Waals surface area contributed by atoms with Crippen LogP contribution >= 0.6 is 0 Å². The summed E-state index contributed by atoms with van der Waals surface area (Å²) in [5.41, 5.74) is 5.88. The smallest absolute Gasteiger partial charge is 0.385 e. The second-order valence-electron chi connectivity index (χ2n) is 8.77. The Hall–Kier alpha value is -2.50. The predicted molar refractivity (Wildman–Crippen MR) is 128 cm³/mol. The molecule has 2 atom stereocenters. The molecule has 0 aromatic heterocycles. The van der Waals surface area contributed by atoms with Gasteiger partial charge in [0.15, 0.2) is 0 Å². The highest BCUT2D eigenvalue weighted by Crippen LogP contribution is 2.26. The van der Waals surface area contributed by atoms with Gasteiger partial charge in [0.2, 0.25) is 0 Å². The van der Waals surface area contributed by atoms with Crippen molar-refractivity contribution >= 4 is 11.8 Å². The highest BCUT2D eigenvalue weighted by Gasteiger charge is 2.24. The topological polar surface area (TPSA) is 83.8 Å². The van der Waals surface area contributed by atoms with Crippen molar-refractivity contribution in [2.24, 2.45) is 5.92 Å². The normalized spacial score (nSPS) is 13.5. The standard InChI is InChI=1S/C20H22O3.C7H16O2/c1-11-7-13(3)17(14(4)8-11)18(21)20(22)23-19-15(5)9-12(2)10-16(19)6;1-4-7(5(2)8)6(3)9/h7-10H,1-6H3;5-9H,4H2,1-3H3. The van der Waals surface area contributed by atoms with Crippen molar-refractivity contribution in [3.05, 3.63) is 63.2 Å². The number of rotatable bonds is 6. The lowest BCUT2D eigenvalue weighted by atomic mass is 9.95. The van der Waals surface area contributed by atoms with Gasteiger partial charge in [0, 0.05) is 11.5 Å². The maximum atomic E-state index is 12.5. The van der Waals surface area contributed by atoms with Gasteiger partial charge >= 0.3 is 5.97 Å². The molecule has 2 unspecified atom stereocenters. The Morgan fingerprint density at radius 2 is 1.16 bits per heavy atom. The van der Waals surface area contributed by atoms with Gasteiger partial charge in [0.25, 0.3) is 5.78 Å². The Morgan fingerprint density at radius 3 is 1.47 bits per heavy atom. The second kappa shape index (κ2) is 11.9. The first kappa shape index (κ1) is 27.5. The van der Waals surface area contributed by atoms with Crippen LogP contribution in [-0.2, 0) is 4.79 Å². The molecule has 0 aliphatic carbocycles. The van der Waals surface area contributed by atoms with Crippen LogP contribution < -0.4 is 4.74 Å². The number of carbonyl (C=O) groups is 2. The second-order valence-corrected chi connectivity index (χ2v) is 8.77. The summed E-state index contributed by atoms with van der Waals surface area (Å²) in [6.07, 6.45) is 0.0417. The number of aliphatic hydroxyl groups excluding tert-OH is 2. The van der Waals surface area contributed by atoms with Crippen molar-refractivity contribution in [3.63, 3.8) is 0 Å². The molecule has 2 rings (SSSR count). The zero-order chi connectivity index (χ0) is 24.7. The first-order chi connectivity index (χ1) is 14.8. The van der Waals surface area contributed by atoms with E-state index in [4.69, 9.17) is 14.9 Å². The molecular formula is C27H38O5. The number of aliphatic hydroxyl groups is 2. The first-order valence-electron chi connectivity index (χ1n) is 11.1. The lowest BCUT2D eigenvalue weighted by Crippen LogP contribution is -2.26. The molecule has 2 aromatic rings. The molecule has 0 saturated carbocycles. The molecule has 2 aromatic carbocycles. The van der Waals surface area contributed by atoms with Crippen molar-refractivity contribution < 1.29 is 24.5 Å². The summed E-state index contributed by atoms with van der Waals surface area (Å²) >= 11 is 0. The van der Waals surface area contributed by atoms with Gasteiger partial charge in [-0.05, 0) is 84.1 Å². The van der Waals surface area contributed by atoms with E-state index in [2.05, 4.69) is 0 Å². The van der Waals surface area contributed by atoms with Crippen molar-refractivity contribution in [2.45, 2.75) is 80.9 Å². The Labute approximate surface area is 192 Å². The van der Waals surface area contributed by atoms with Crippen LogP contribution in [0.1, 0.15) is 70.9 Å². The van der Waals surface area contributed by atoms with E-state index in [1.807, 2.05) is 72.7 Å². The minimum Gasteiger partial charge on any atom is -0.420 e. The van der Waals surface area contributed by atoms with E-state index in [1.165, 1.54) is 0 Å². The lowest BCUT2D eigenvalue weighted by Gasteiger charge is -2.20. The van der Waals surface area contributed by atoms with Gasteiger partial charge in [0.1, 0.15) is 5.75 Å². The summed E-state index contributed by atoms with van der Waals surface area (Å²) in [6, 6.07) is 7.66. The van der Waals surface area contributed by atoms with E-state index in [1.54, 1.807) is 13.8 Å². The SMILES string of the molecule is CCC(C(C)O)C(C)O.Cc1cc(C)c(OC(=O)C(=O)c2c(C)cc(C)cc2C)c(C)c1. The van der Waals surface area contributed by atoms with Crippen molar-refractivity contribution in [1.82, 2.24) is 0 Å². The average Bonchev–Trinajstić information content (AvgIpc) is 2.63. The number of hydrogen-bond acceptors (Lipinski definition) is 5. The van der Waals surface area contributed by atoms with Crippen LogP contribution in [0.3, 0.4) is 0 Å². The number of aryl methyl sites for hydroxylation is 6. The number of ether oxygens (including phenoxy) is 1. The van der Waals surface area contributed by atoms with Gasteiger partial charge in [-0.2, -0.15) is 0 Å². The number of carbonyl (C=O) groups excluding carboxylic acids is 2. The number of esters is 1. The van der Waals surface area contributed by atoms with Gasteiger partial charge < -0.3 is 14.9 Å². The molecule has 0 heterocycles. The Kier molecular flexibility index (Phi) is 10.3. The van der Waals surface area contributed by atoms with Gasteiger partial charge in [0.05, 0.1) is 12.2 Å². The highest BCUT2D eigenvalue weighted by atomic mass is 16.5. The summed E-state index contributed by atoms with van der Waals surface area (Å²) in [5, 5.41) is 18.0. The number of ketones is 1. The minimum absolute atomic E-state index is 0.0324. The third-order valence-corrected chi connectivity index (χ3v) is 5.60. The van der Waals surface area contributed by atoms with E-state index in [0.29, 0.717) is 11.3 Å². The molecule has 5 heteroatoms. The van der Waals surface area contributed by atoms with Crippen LogP contribution in [0, 0.1) is 47.5 Å². The van der Waals surface area contributed by atoms with E-state index in [9.17, 15) is 9.59 Å². The van der Waals surface area contributed by atoms with Crippen LogP contribution in [0.4, 0.5) is 0 Å². The third kappa shape index (κ3) is 7.28. The van der Waals surface area contributed by atoms with Gasteiger partial charge in [-0.1, -0.05) is 42.3 Å². The zero-order valence-corrected chi connectivity index (χ0v) is 20.9.